The lowest BCUT2D eigenvalue weighted by atomic mass is 10.1. The van der Waals surface area contributed by atoms with Gasteiger partial charge in [0.2, 0.25) is 0 Å². The molecule has 1 saturated heterocycles. The zero-order valence-corrected chi connectivity index (χ0v) is 17.5. The number of hydrogen-bond acceptors (Lipinski definition) is 3. The number of guanidine groups is 1. The van der Waals surface area contributed by atoms with E-state index in [0.717, 1.165) is 36.3 Å². The van der Waals surface area contributed by atoms with Gasteiger partial charge >= 0.3 is 0 Å². The Hall–Kier alpha value is -1.02. The van der Waals surface area contributed by atoms with Crippen molar-refractivity contribution in [2.24, 2.45) is 4.99 Å². The number of aliphatic imine (C=N–C) groups is 1. The number of rotatable bonds is 7. The number of furan rings is 1. The van der Waals surface area contributed by atoms with E-state index in [-0.39, 0.29) is 24.0 Å². The van der Waals surface area contributed by atoms with Crippen LogP contribution in [0.5, 0.6) is 0 Å². The van der Waals surface area contributed by atoms with Crippen molar-refractivity contribution in [3.63, 3.8) is 0 Å². The molecule has 1 aliphatic heterocycles. The first-order valence-corrected chi connectivity index (χ1v) is 9.16. The fourth-order valence-corrected chi connectivity index (χ4v) is 3.17. The largest absolute Gasteiger partial charge is 0.469 e. The van der Waals surface area contributed by atoms with Gasteiger partial charge in [0, 0.05) is 38.1 Å². The summed E-state index contributed by atoms with van der Waals surface area (Å²) in [5.41, 5.74) is 1.07. The highest BCUT2D eigenvalue weighted by atomic mass is 127. The van der Waals surface area contributed by atoms with Gasteiger partial charge in [-0.15, -0.1) is 24.0 Å². The number of halogens is 1. The Labute approximate surface area is 168 Å². The van der Waals surface area contributed by atoms with Crippen molar-refractivity contribution in [2.45, 2.75) is 51.1 Å². The Bertz CT molecular complexity index is 546. The topological polar surface area (TPSA) is 52.8 Å². The summed E-state index contributed by atoms with van der Waals surface area (Å²) >= 11 is 0. The summed E-state index contributed by atoms with van der Waals surface area (Å²) in [7, 11) is 0. The van der Waals surface area contributed by atoms with Crippen LogP contribution in [0.3, 0.4) is 0 Å². The average molecular weight is 458 g/mol. The van der Waals surface area contributed by atoms with Crippen molar-refractivity contribution in [1.29, 1.82) is 0 Å². The molecular formula is C19H31IN4O. The van der Waals surface area contributed by atoms with Gasteiger partial charge in [-0.2, -0.15) is 0 Å². The molecule has 3 rings (SSSR count). The van der Waals surface area contributed by atoms with Crippen molar-refractivity contribution in [2.75, 3.05) is 26.2 Å². The van der Waals surface area contributed by atoms with Crippen LogP contribution in [0.4, 0.5) is 0 Å². The predicted molar refractivity (Wildman–Crippen MR) is 114 cm³/mol. The van der Waals surface area contributed by atoms with Crippen LogP contribution in [-0.2, 0) is 6.42 Å². The van der Waals surface area contributed by atoms with E-state index < -0.39 is 0 Å². The second-order valence-corrected chi connectivity index (χ2v) is 7.06. The lowest BCUT2D eigenvalue weighted by molar-refractivity contribution is 0.197. The van der Waals surface area contributed by atoms with Crippen LogP contribution in [-0.4, -0.2) is 49.1 Å². The molecular weight excluding hydrogens is 427 g/mol. The monoisotopic (exact) mass is 458 g/mol. The molecule has 2 heterocycles. The van der Waals surface area contributed by atoms with Crippen LogP contribution in [0.2, 0.25) is 0 Å². The second-order valence-electron chi connectivity index (χ2n) is 7.06. The zero-order valence-electron chi connectivity index (χ0n) is 15.2. The third-order valence-electron chi connectivity index (χ3n) is 4.68. The summed E-state index contributed by atoms with van der Waals surface area (Å²) in [5.74, 6) is 1.90. The first-order chi connectivity index (χ1) is 11.7. The molecule has 1 aromatic heterocycles. The summed E-state index contributed by atoms with van der Waals surface area (Å²) in [6.45, 7) is 9.86. The molecule has 0 unspecified atom stereocenters. The maximum atomic E-state index is 5.38. The normalized spacial score (nSPS) is 19.3. The highest BCUT2D eigenvalue weighted by molar-refractivity contribution is 14.0. The van der Waals surface area contributed by atoms with Crippen molar-refractivity contribution in [3.8, 4) is 0 Å². The van der Waals surface area contributed by atoms with Gasteiger partial charge in [-0.05, 0) is 44.7 Å². The van der Waals surface area contributed by atoms with E-state index in [2.05, 4.69) is 27.1 Å². The SMILES string of the molecule is C=C(C)CN=C(NCCc1ccco1)NC1CCN(C2CC2)CC1.I. The summed E-state index contributed by atoms with van der Waals surface area (Å²) < 4.78 is 5.38. The zero-order chi connectivity index (χ0) is 16.8. The summed E-state index contributed by atoms with van der Waals surface area (Å²) in [6.07, 6.45) is 7.78. The molecule has 1 saturated carbocycles. The Kier molecular flexibility index (Phi) is 8.29. The lowest BCUT2D eigenvalue weighted by Gasteiger charge is -2.33. The molecule has 0 spiro atoms. The highest BCUT2D eigenvalue weighted by Gasteiger charge is 2.31. The van der Waals surface area contributed by atoms with Crippen LogP contribution >= 0.6 is 24.0 Å². The number of likely N-dealkylation sites (tertiary alicyclic amines) is 1. The van der Waals surface area contributed by atoms with Gasteiger partial charge in [-0.1, -0.05) is 12.2 Å². The number of hydrogen-bond donors (Lipinski definition) is 2. The van der Waals surface area contributed by atoms with Gasteiger partial charge in [0.15, 0.2) is 5.96 Å². The maximum absolute atomic E-state index is 5.38. The second kappa shape index (κ2) is 10.2. The molecule has 0 atom stereocenters. The minimum absolute atomic E-state index is 0. The molecule has 140 valence electrons. The van der Waals surface area contributed by atoms with Crippen LogP contribution < -0.4 is 10.6 Å². The Morgan fingerprint density at radius 3 is 2.68 bits per heavy atom. The smallest absolute Gasteiger partial charge is 0.191 e. The van der Waals surface area contributed by atoms with Crippen molar-refractivity contribution < 1.29 is 4.42 Å². The quantitative estimate of drug-likeness (QED) is 0.285. The van der Waals surface area contributed by atoms with Crippen molar-refractivity contribution in [3.05, 3.63) is 36.3 Å². The molecule has 1 aliphatic carbocycles. The van der Waals surface area contributed by atoms with Gasteiger partial charge in [0.1, 0.15) is 5.76 Å². The summed E-state index contributed by atoms with van der Waals surface area (Å²) in [6, 6.07) is 5.33. The van der Waals surface area contributed by atoms with Crippen molar-refractivity contribution in [1.82, 2.24) is 15.5 Å². The van der Waals surface area contributed by atoms with Gasteiger partial charge in [0.25, 0.3) is 0 Å². The molecule has 6 heteroatoms. The fraction of sp³-hybridized carbons (Fsp3) is 0.632. The number of nitrogens with zero attached hydrogens (tertiary/aromatic N) is 2. The Morgan fingerprint density at radius 2 is 2.08 bits per heavy atom. The first-order valence-electron chi connectivity index (χ1n) is 9.16. The van der Waals surface area contributed by atoms with Crippen LogP contribution in [0.15, 0.2) is 40.0 Å². The summed E-state index contributed by atoms with van der Waals surface area (Å²) in [5, 5.41) is 7.04. The maximum Gasteiger partial charge on any atom is 0.191 e. The van der Waals surface area contributed by atoms with Gasteiger partial charge in [0.05, 0.1) is 12.8 Å². The average Bonchev–Trinajstić information content (AvgIpc) is 3.30. The van der Waals surface area contributed by atoms with Gasteiger partial charge < -0.3 is 20.0 Å². The minimum Gasteiger partial charge on any atom is -0.469 e. The minimum atomic E-state index is 0. The highest BCUT2D eigenvalue weighted by Crippen LogP contribution is 2.29. The van der Waals surface area contributed by atoms with Crippen LogP contribution in [0, 0.1) is 0 Å². The molecule has 2 N–H and O–H groups in total. The van der Waals surface area contributed by atoms with E-state index in [1.54, 1.807) is 6.26 Å². The predicted octanol–water partition coefficient (Wildman–Crippen LogP) is 3.18. The van der Waals surface area contributed by atoms with Gasteiger partial charge in [-0.3, -0.25) is 0 Å². The molecule has 25 heavy (non-hydrogen) atoms. The number of nitrogens with one attached hydrogen (secondary N) is 2. The lowest BCUT2D eigenvalue weighted by Crippen LogP contribution is -2.49. The molecule has 2 fully saturated rings. The molecule has 0 radical (unpaired) electrons. The standard InChI is InChI=1S/C19H30N4O.HI/c1-15(2)14-21-19(20-10-7-18-4-3-13-24-18)22-16-8-11-23(12-9-16)17-5-6-17;/h3-4,13,16-17H,1,5-12,14H2,2H3,(H2,20,21,22);1H. The molecule has 5 nitrogen and oxygen atoms in total. The molecule has 0 amide bonds. The fourth-order valence-electron chi connectivity index (χ4n) is 3.17. The van der Waals surface area contributed by atoms with E-state index in [9.17, 15) is 0 Å². The molecule has 0 bridgehead atoms. The van der Waals surface area contributed by atoms with Crippen LogP contribution in [0.1, 0.15) is 38.4 Å². The van der Waals surface area contributed by atoms with Gasteiger partial charge in [-0.25, -0.2) is 4.99 Å². The van der Waals surface area contributed by atoms with E-state index in [4.69, 9.17) is 4.42 Å². The molecule has 1 aromatic rings. The Balaban J connectivity index is 0.00000225. The summed E-state index contributed by atoms with van der Waals surface area (Å²) in [4.78, 5) is 7.30. The van der Waals surface area contributed by atoms with E-state index in [1.165, 1.54) is 38.8 Å². The van der Waals surface area contributed by atoms with E-state index >= 15 is 0 Å². The van der Waals surface area contributed by atoms with Crippen molar-refractivity contribution >= 4 is 29.9 Å². The van der Waals surface area contributed by atoms with E-state index in [1.807, 2.05) is 19.1 Å². The molecule has 2 aliphatic rings. The Morgan fingerprint density at radius 1 is 1.32 bits per heavy atom. The number of piperidine rings is 1. The third-order valence-corrected chi connectivity index (χ3v) is 4.68. The van der Waals surface area contributed by atoms with Crippen LogP contribution in [0.25, 0.3) is 0 Å². The molecule has 0 aromatic carbocycles. The third kappa shape index (κ3) is 7.01. The van der Waals surface area contributed by atoms with E-state index in [0.29, 0.717) is 12.6 Å². The first kappa shape index (κ1) is 20.3.